The molecule has 2 N–H and O–H groups in total. The lowest BCUT2D eigenvalue weighted by Crippen LogP contribution is -2.15. The van der Waals surface area contributed by atoms with Gasteiger partial charge in [0.05, 0.1) is 5.75 Å². The van der Waals surface area contributed by atoms with Gasteiger partial charge in [-0.25, -0.2) is 8.42 Å². The Kier molecular flexibility index (Phi) is 2.96. The van der Waals surface area contributed by atoms with Gasteiger partial charge < -0.3 is 4.98 Å². The van der Waals surface area contributed by atoms with Crippen LogP contribution in [0.25, 0.3) is 0 Å². The van der Waals surface area contributed by atoms with E-state index in [-0.39, 0.29) is 5.75 Å². The second kappa shape index (κ2) is 4.40. The Hall–Kier alpha value is -1.75. The van der Waals surface area contributed by atoms with Crippen molar-refractivity contribution in [2.45, 2.75) is 5.75 Å². The monoisotopic (exact) mass is 236 g/mol. The summed E-state index contributed by atoms with van der Waals surface area (Å²) in [7, 11) is -3.34. The van der Waals surface area contributed by atoms with Gasteiger partial charge in [0.1, 0.15) is 5.82 Å². The van der Waals surface area contributed by atoms with Crippen LogP contribution in [0.15, 0.2) is 48.7 Å². The maximum absolute atomic E-state index is 11.7. The van der Waals surface area contributed by atoms with Gasteiger partial charge in [0.25, 0.3) is 0 Å². The second-order valence-electron chi connectivity index (χ2n) is 3.43. The molecule has 0 aliphatic carbocycles. The number of hydrogen-bond acceptors (Lipinski definition) is 2. The first-order chi connectivity index (χ1) is 7.66. The van der Waals surface area contributed by atoms with Crippen molar-refractivity contribution in [3.63, 3.8) is 0 Å². The molecule has 0 saturated carbocycles. The lowest BCUT2D eigenvalue weighted by Gasteiger charge is -2.05. The summed E-state index contributed by atoms with van der Waals surface area (Å²) in [5.74, 6) is 0.461. The third kappa shape index (κ3) is 2.87. The van der Waals surface area contributed by atoms with E-state index in [0.717, 1.165) is 5.56 Å². The van der Waals surface area contributed by atoms with Crippen molar-refractivity contribution in [2.24, 2.45) is 0 Å². The predicted molar refractivity (Wildman–Crippen MR) is 63.5 cm³/mol. The molecule has 0 bridgehead atoms. The first kappa shape index (κ1) is 10.8. The van der Waals surface area contributed by atoms with E-state index in [4.69, 9.17) is 0 Å². The quantitative estimate of drug-likeness (QED) is 0.852. The second-order valence-corrected chi connectivity index (χ2v) is 5.15. The minimum absolute atomic E-state index is 0.0210. The average Bonchev–Trinajstić information content (AvgIpc) is 2.70. The molecule has 2 aromatic rings. The summed E-state index contributed by atoms with van der Waals surface area (Å²) in [5.41, 5.74) is 0.765. The molecule has 5 heteroatoms. The molecule has 0 aliphatic rings. The summed E-state index contributed by atoms with van der Waals surface area (Å²) >= 11 is 0. The number of hydrogen-bond donors (Lipinski definition) is 2. The number of benzene rings is 1. The third-order valence-corrected chi connectivity index (χ3v) is 3.31. The Balaban J connectivity index is 2.09. The molecule has 2 rings (SSSR count). The summed E-state index contributed by atoms with van der Waals surface area (Å²) in [4.78, 5) is 2.79. The van der Waals surface area contributed by atoms with Crippen LogP contribution in [0.5, 0.6) is 0 Å². The molecule has 0 radical (unpaired) electrons. The fourth-order valence-electron chi connectivity index (χ4n) is 1.39. The van der Waals surface area contributed by atoms with Gasteiger partial charge in [0, 0.05) is 6.20 Å². The smallest absolute Gasteiger partial charge is 0.238 e. The highest BCUT2D eigenvalue weighted by molar-refractivity contribution is 7.91. The van der Waals surface area contributed by atoms with E-state index in [9.17, 15) is 8.42 Å². The topological polar surface area (TPSA) is 62.0 Å². The largest absolute Gasteiger partial charge is 0.348 e. The Morgan fingerprint density at radius 1 is 1.06 bits per heavy atom. The van der Waals surface area contributed by atoms with Crippen molar-refractivity contribution in [3.05, 3.63) is 54.2 Å². The van der Waals surface area contributed by atoms with Gasteiger partial charge >= 0.3 is 0 Å². The molecule has 4 nitrogen and oxygen atoms in total. The average molecular weight is 236 g/mol. The molecule has 16 heavy (non-hydrogen) atoms. The number of rotatable bonds is 4. The summed E-state index contributed by atoms with van der Waals surface area (Å²) in [6, 6.07) is 12.5. The third-order valence-electron chi connectivity index (χ3n) is 2.06. The van der Waals surface area contributed by atoms with Crippen LogP contribution < -0.4 is 4.72 Å². The standard InChI is InChI=1S/C11H12N2O2S/c14-16(15,13-11-7-4-8-12-11)9-10-5-2-1-3-6-10/h1-8,12-13H,9H2. The number of anilines is 1. The van der Waals surface area contributed by atoms with Crippen LogP contribution in [-0.4, -0.2) is 13.4 Å². The minimum Gasteiger partial charge on any atom is -0.348 e. The number of aromatic amines is 1. The Labute approximate surface area is 94.4 Å². The SMILES string of the molecule is O=S(=O)(Cc1ccccc1)Nc1ccc[nH]1. The van der Waals surface area contributed by atoms with Crippen molar-refractivity contribution < 1.29 is 8.42 Å². The maximum atomic E-state index is 11.7. The molecular weight excluding hydrogens is 224 g/mol. The lowest BCUT2D eigenvalue weighted by molar-refractivity contribution is 0.600. The van der Waals surface area contributed by atoms with Gasteiger partial charge in [-0.3, -0.25) is 4.72 Å². The van der Waals surface area contributed by atoms with E-state index in [1.54, 1.807) is 30.5 Å². The Bertz CT molecular complexity index is 533. The zero-order valence-electron chi connectivity index (χ0n) is 8.55. The van der Waals surface area contributed by atoms with Crippen LogP contribution in [0.3, 0.4) is 0 Å². The zero-order chi connectivity index (χ0) is 11.4. The summed E-state index contributed by atoms with van der Waals surface area (Å²) in [6.07, 6.45) is 1.67. The molecule has 0 unspecified atom stereocenters. The number of H-pyrrole nitrogens is 1. The molecule has 0 atom stereocenters. The Morgan fingerprint density at radius 2 is 1.81 bits per heavy atom. The van der Waals surface area contributed by atoms with E-state index in [0.29, 0.717) is 5.82 Å². The highest BCUT2D eigenvalue weighted by atomic mass is 32.2. The summed E-state index contributed by atoms with van der Waals surface area (Å²) in [5, 5.41) is 0. The van der Waals surface area contributed by atoms with Crippen molar-refractivity contribution >= 4 is 15.8 Å². The molecule has 0 spiro atoms. The highest BCUT2D eigenvalue weighted by Gasteiger charge is 2.11. The molecule has 1 aromatic heterocycles. The highest BCUT2D eigenvalue weighted by Crippen LogP contribution is 2.09. The molecule has 0 aliphatic heterocycles. The van der Waals surface area contributed by atoms with Crippen LogP contribution in [0.1, 0.15) is 5.56 Å². The van der Waals surface area contributed by atoms with Crippen molar-refractivity contribution in [1.82, 2.24) is 4.98 Å². The first-order valence-corrected chi connectivity index (χ1v) is 6.49. The van der Waals surface area contributed by atoms with Gasteiger partial charge in [-0.05, 0) is 17.7 Å². The summed E-state index contributed by atoms with van der Waals surface area (Å²) in [6.45, 7) is 0. The van der Waals surface area contributed by atoms with Gasteiger partial charge in [0.15, 0.2) is 0 Å². The van der Waals surface area contributed by atoms with Crippen LogP contribution in [-0.2, 0) is 15.8 Å². The lowest BCUT2D eigenvalue weighted by atomic mass is 10.2. The van der Waals surface area contributed by atoms with Crippen LogP contribution >= 0.6 is 0 Å². The molecule has 0 amide bonds. The van der Waals surface area contributed by atoms with E-state index >= 15 is 0 Å². The van der Waals surface area contributed by atoms with Crippen molar-refractivity contribution in [3.8, 4) is 0 Å². The van der Waals surface area contributed by atoms with Gasteiger partial charge in [0.2, 0.25) is 10.0 Å². The first-order valence-electron chi connectivity index (χ1n) is 4.83. The van der Waals surface area contributed by atoms with Gasteiger partial charge in [-0.15, -0.1) is 0 Å². The normalized spacial score (nSPS) is 11.2. The van der Waals surface area contributed by atoms with E-state index in [1.807, 2.05) is 18.2 Å². The molecular formula is C11H12N2O2S. The number of aromatic nitrogens is 1. The fraction of sp³-hybridized carbons (Fsp3) is 0.0909. The minimum atomic E-state index is -3.34. The number of sulfonamides is 1. The van der Waals surface area contributed by atoms with Crippen LogP contribution in [0.2, 0.25) is 0 Å². The Morgan fingerprint density at radius 3 is 2.44 bits per heavy atom. The summed E-state index contributed by atoms with van der Waals surface area (Å²) < 4.78 is 25.9. The van der Waals surface area contributed by atoms with E-state index in [1.165, 1.54) is 0 Å². The molecule has 0 fully saturated rings. The molecule has 0 saturated heterocycles. The maximum Gasteiger partial charge on any atom is 0.238 e. The zero-order valence-corrected chi connectivity index (χ0v) is 9.37. The van der Waals surface area contributed by atoms with E-state index in [2.05, 4.69) is 9.71 Å². The van der Waals surface area contributed by atoms with E-state index < -0.39 is 10.0 Å². The van der Waals surface area contributed by atoms with Gasteiger partial charge in [-0.1, -0.05) is 30.3 Å². The van der Waals surface area contributed by atoms with Crippen molar-refractivity contribution in [2.75, 3.05) is 4.72 Å². The molecule has 84 valence electrons. The predicted octanol–water partition coefficient (Wildman–Crippen LogP) is 1.96. The van der Waals surface area contributed by atoms with Crippen molar-refractivity contribution in [1.29, 1.82) is 0 Å². The molecule has 1 aromatic carbocycles. The van der Waals surface area contributed by atoms with Gasteiger partial charge in [-0.2, -0.15) is 0 Å². The number of nitrogens with one attached hydrogen (secondary N) is 2. The fourth-order valence-corrected chi connectivity index (χ4v) is 2.56. The van der Waals surface area contributed by atoms with Crippen LogP contribution in [0.4, 0.5) is 5.82 Å². The molecule has 1 heterocycles. The van der Waals surface area contributed by atoms with Crippen LogP contribution in [0, 0.1) is 0 Å².